The predicted octanol–water partition coefficient (Wildman–Crippen LogP) is 2.43. The lowest BCUT2D eigenvalue weighted by Gasteiger charge is -2.22. The van der Waals surface area contributed by atoms with Crippen molar-refractivity contribution < 1.29 is 13.2 Å². The van der Waals surface area contributed by atoms with Crippen molar-refractivity contribution in [1.29, 1.82) is 0 Å². The number of sulfonamides is 1. The Bertz CT molecular complexity index is 504. The minimum Gasteiger partial charge on any atom is -0.493 e. The smallest absolute Gasteiger partial charge is 0.209 e. The van der Waals surface area contributed by atoms with Gasteiger partial charge in [0.25, 0.3) is 0 Å². The third-order valence-electron chi connectivity index (χ3n) is 2.78. The van der Waals surface area contributed by atoms with E-state index in [0.29, 0.717) is 19.4 Å². The lowest BCUT2D eigenvalue weighted by Crippen LogP contribution is -2.17. The molecule has 0 bridgehead atoms. The third kappa shape index (κ3) is 6.07. The topological polar surface area (TPSA) is 69.4 Å². The Morgan fingerprint density at radius 3 is 2.37 bits per heavy atom. The summed E-state index contributed by atoms with van der Waals surface area (Å²) in [5, 5.41) is 4.94. The highest BCUT2D eigenvalue weighted by Gasteiger charge is 2.18. The summed E-state index contributed by atoms with van der Waals surface area (Å²) >= 11 is 0. The monoisotopic (exact) mass is 285 g/mol. The number of para-hydroxylation sites is 1. The molecule has 0 aliphatic heterocycles. The van der Waals surface area contributed by atoms with Gasteiger partial charge < -0.3 is 4.74 Å². The van der Waals surface area contributed by atoms with Crippen molar-refractivity contribution in [2.24, 2.45) is 5.14 Å². The van der Waals surface area contributed by atoms with Gasteiger partial charge in [-0.1, -0.05) is 39.0 Å². The standard InChI is InChI=1S/C14H23NO3S/c1-14(2,3)12-8-4-5-9-13(12)18-10-6-7-11-19(15,16)17/h4-5,8-9H,6-7,10-11H2,1-3H3,(H2,15,16,17). The summed E-state index contributed by atoms with van der Waals surface area (Å²) in [6, 6.07) is 7.93. The van der Waals surface area contributed by atoms with Crippen LogP contribution in [-0.2, 0) is 15.4 Å². The van der Waals surface area contributed by atoms with Gasteiger partial charge in [0.15, 0.2) is 0 Å². The van der Waals surface area contributed by atoms with Crippen molar-refractivity contribution in [2.75, 3.05) is 12.4 Å². The van der Waals surface area contributed by atoms with Crippen LogP contribution in [0.3, 0.4) is 0 Å². The van der Waals surface area contributed by atoms with E-state index in [9.17, 15) is 8.42 Å². The van der Waals surface area contributed by atoms with Gasteiger partial charge in [0.1, 0.15) is 5.75 Å². The number of benzene rings is 1. The van der Waals surface area contributed by atoms with Crippen molar-refractivity contribution in [1.82, 2.24) is 0 Å². The highest BCUT2D eigenvalue weighted by Crippen LogP contribution is 2.30. The highest BCUT2D eigenvalue weighted by atomic mass is 32.2. The van der Waals surface area contributed by atoms with E-state index in [-0.39, 0.29) is 11.2 Å². The Hall–Kier alpha value is -1.07. The Morgan fingerprint density at radius 2 is 1.79 bits per heavy atom. The molecule has 1 aromatic rings. The highest BCUT2D eigenvalue weighted by molar-refractivity contribution is 7.89. The molecule has 0 saturated heterocycles. The molecule has 1 aromatic carbocycles. The Kier molecular flexibility index (Phi) is 5.38. The zero-order valence-corrected chi connectivity index (χ0v) is 12.7. The molecule has 0 saturated carbocycles. The van der Waals surface area contributed by atoms with Gasteiger partial charge in [-0.2, -0.15) is 0 Å². The average molecular weight is 285 g/mol. The van der Waals surface area contributed by atoms with Crippen molar-refractivity contribution in [3.05, 3.63) is 29.8 Å². The second-order valence-corrected chi connectivity index (χ2v) is 7.40. The lowest BCUT2D eigenvalue weighted by atomic mass is 9.86. The van der Waals surface area contributed by atoms with Gasteiger partial charge >= 0.3 is 0 Å². The molecule has 5 heteroatoms. The zero-order chi connectivity index (χ0) is 14.5. The first-order valence-electron chi connectivity index (χ1n) is 6.43. The van der Waals surface area contributed by atoms with Crippen LogP contribution in [-0.4, -0.2) is 20.8 Å². The molecule has 108 valence electrons. The van der Waals surface area contributed by atoms with Gasteiger partial charge in [-0.05, 0) is 29.9 Å². The predicted molar refractivity (Wildman–Crippen MR) is 77.8 cm³/mol. The number of nitrogens with two attached hydrogens (primary N) is 1. The van der Waals surface area contributed by atoms with E-state index >= 15 is 0 Å². The summed E-state index contributed by atoms with van der Waals surface area (Å²) in [6.07, 6.45) is 1.20. The summed E-state index contributed by atoms with van der Waals surface area (Å²) in [4.78, 5) is 0. The molecule has 0 heterocycles. The van der Waals surface area contributed by atoms with Crippen LogP contribution in [0, 0.1) is 0 Å². The van der Waals surface area contributed by atoms with E-state index in [1.165, 1.54) is 0 Å². The first kappa shape index (κ1) is 16.0. The molecule has 0 fully saturated rings. The first-order valence-corrected chi connectivity index (χ1v) is 8.14. The van der Waals surface area contributed by atoms with E-state index in [4.69, 9.17) is 9.88 Å². The van der Waals surface area contributed by atoms with Gasteiger partial charge in [-0.25, -0.2) is 13.6 Å². The first-order chi connectivity index (χ1) is 8.70. The summed E-state index contributed by atoms with van der Waals surface area (Å²) in [5.41, 5.74) is 1.18. The molecule has 0 amide bonds. The van der Waals surface area contributed by atoms with Gasteiger partial charge in [0, 0.05) is 0 Å². The number of ether oxygens (including phenoxy) is 1. The molecule has 4 nitrogen and oxygen atoms in total. The van der Waals surface area contributed by atoms with Gasteiger partial charge in [0.2, 0.25) is 10.0 Å². The van der Waals surface area contributed by atoms with Crippen molar-refractivity contribution in [3.8, 4) is 5.75 Å². The van der Waals surface area contributed by atoms with Crippen LogP contribution >= 0.6 is 0 Å². The van der Waals surface area contributed by atoms with Crippen LogP contribution in [0.2, 0.25) is 0 Å². The minimum atomic E-state index is -3.36. The number of hydrogen-bond donors (Lipinski definition) is 1. The van der Waals surface area contributed by atoms with E-state index in [0.717, 1.165) is 11.3 Å². The number of unbranched alkanes of at least 4 members (excludes halogenated alkanes) is 1. The Labute approximate surface area is 116 Å². The van der Waals surface area contributed by atoms with E-state index < -0.39 is 10.0 Å². The zero-order valence-electron chi connectivity index (χ0n) is 11.8. The molecule has 0 spiro atoms. The fourth-order valence-electron chi connectivity index (χ4n) is 1.80. The van der Waals surface area contributed by atoms with Gasteiger partial charge in [-0.3, -0.25) is 0 Å². The quantitative estimate of drug-likeness (QED) is 0.816. The van der Waals surface area contributed by atoms with Crippen LogP contribution < -0.4 is 9.88 Å². The summed E-state index contributed by atoms with van der Waals surface area (Å²) < 4.78 is 27.3. The molecule has 0 aliphatic carbocycles. The second-order valence-electron chi connectivity index (χ2n) is 5.67. The SMILES string of the molecule is CC(C)(C)c1ccccc1OCCCCS(N)(=O)=O. The molecule has 0 radical (unpaired) electrons. The Balaban J connectivity index is 2.50. The van der Waals surface area contributed by atoms with Gasteiger partial charge in [-0.15, -0.1) is 0 Å². The largest absolute Gasteiger partial charge is 0.493 e. The van der Waals surface area contributed by atoms with Crippen molar-refractivity contribution >= 4 is 10.0 Å². The number of hydrogen-bond acceptors (Lipinski definition) is 3. The van der Waals surface area contributed by atoms with E-state index in [1.807, 2.05) is 18.2 Å². The van der Waals surface area contributed by atoms with Crippen LogP contribution in [0.4, 0.5) is 0 Å². The maximum Gasteiger partial charge on any atom is 0.209 e. The summed E-state index contributed by atoms with van der Waals surface area (Å²) in [7, 11) is -3.36. The van der Waals surface area contributed by atoms with Crippen molar-refractivity contribution in [2.45, 2.75) is 39.0 Å². The molecule has 0 atom stereocenters. The van der Waals surface area contributed by atoms with E-state index in [2.05, 4.69) is 26.8 Å². The van der Waals surface area contributed by atoms with Crippen LogP contribution in [0.25, 0.3) is 0 Å². The number of rotatable bonds is 6. The Morgan fingerprint density at radius 1 is 1.16 bits per heavy atom. The fourth-order valence-corrected chi connectivity index (χ4v) is 2.41. The molecule has 0 aliphatic rings. The second kappa shape index (κ2) is 6.39. The molecular formula is C14H23NO3S. The number of primary sulfonamides is 1. The maximum absolute atomic E-state index is 10.8. The lowest BCUT2D eigenvalue weighted by molar-refractivity contribution is 0.301. The third-order valence-corrected chi connectivity index (χ3v) is 3.63. The average Bonchev–Trinajstić information content (AvgIpc) is 2.26. The van der Waals surface area contributed by atoms with Crippen molar-refractivity contribution in [3.63, 3.8) is 0 Å². The molecule has 19 heavy (non-hydrogen) atoms. The minimum absolute atomic E-state index is 0.0112. The maximum atomic E-state index is 10.8. The summed E-state index contributed by atoms with van der Waals surface area (Å²) in [5.74, 6) is 0.877. The van der Waals surface area contributed by atoms with Crippen LogP contribution in [0.15, 0.2) is 24.3 Å². The molecule has 1 rings (SSSR count). The van der Waals surface area contributed by atoms with Gasteiger partial charge in [0.05, 0.1) is 12.4 Å². The normalized spacial score (nSPS) is 12.4. The van der Waals surface area contributed by atoms with Crippen LogP contribution in [0.1, 0.15) is 39.2 Å². The van der Waals surface area contributed by atoms with Crippen LogP contribution in [0.5, 0.6) is 5.75 Å². The van der Waals surface area contributed by atoms with E-state index in [1.54, 1.807) is 0 Å². The summed E-state index contributed by atoms with van der Waals surface area (Å²) in [6.45, 7) is 6.91. The molecule has 0 unspecified atom stereocenters. The fraction of sp³-hybridized carbons (Fsp3) is 0.571. The molecular weight excluding hydrogens is 262 g/mol. The molecule has 2 N–H and O–H groups in total. The molecule has 0 aromatic heterocycles.